The second-order valence-corrected chi connectivity index (χ2v) is 6.92. The third-order valence-electron chi connectivity index (χ3n) is 5.71. The van der Waals surface area contributed by atoms with Gasteiger partial charge in [-0.05, 0) is 50.9 Å². The average Bonchev–Trinajstić information content (AvgIpc) is 2.47. The van der Waals surface area contributed by atoms with E-state index < -0.39 is 0 Å². The summed E-state index contributed by atoms with van der Waals surface area (Å²) in [5.41, 5.74) is 0. The second kappa shape index (κ2) is 6.30. The molecule has 3 aliphatic rings. The topological polar surface area (TPSA) is 58.9 Å². The molecule has 0 bridgehead atoms. The molecule has 3 rings (SSSR count). The van der Waals surface area contributed by atoms with Crippen LogP contribution in [0.3, 0.4) is 0 Å². The monoisotopic (exact) mass is 284 g/mol. The second-order valence-electron chi connectivity index (χ2n) is 6.92. The normalized spacial score (nSPS) is 49.6. The summed E-state index contributed by atoms with van der Waals surface area (Å²) in [5, 5.41) is 19.9. The van der Waals surface area contributed by atoms with Crippen molar-refractivity contribution in [1.82, 2.24) is 0 Å². The Morgan fingerprint density at radius 1 is 0.900 bits per heavy atom. The molecule has 1 saturated heterocycles. The summed E-state index contributed by atoms with van der Waals surface area (Å²) in [7, 11) is 1.72. The van der Waals surface area contributed by atoms with E-state index in [-0.39, 0.29) is 24.4 Å². The standard InChI is InChI=1S/C16H28O4/c1-19-12-8-14(18)13-6-7-15(20-16(13)9-12)10-2-4-11(17)5-3-10/h10-18H,2-9H2,1H3. The van der Waals surface area contributed by atoms with Gasteiger partial charge >= 0.3 is 0 Å². The fraction of sp³-hybridized carbons (Fsp3) is 1.00. The summed E-state index contributed by atoms with van der Waals surface area (Å²) in [4.78, 5) is 0. The van der Waals surface area contributed by atoms with Crippen molar-refractivity contribution in [3.05, 3.63) is 0 Å². The molecule has 5 unspecified atom stereocenters. The number of aliphatic hydroxyl groups excluding tert-OH is 2. The van der Waals surface area contributed by atoms with Crippen LogP contribution in [0.2, 0.25) is 0 Å². The van der Waals surface area contributed by atoms with Crippen LogP contribution < -0.4 is 0 Å². The van der Waals surface area contributed by atoms with E-state index >= 15 is 0 Å². The van der Waals surface area contributed by atoms with Crippen LogP contribution in [0.4, 0.5) is 0 Å². The highest BCUT2D eigenvalue weighted by atomic mass is 16.5. The van der Waals surface area contributed by atoms with Gasteiger partial charge in [-0.3, -0.25) is 0 Å². The molecule has 2 N–H and O–H groups in total. The van der Waals surface area contributed by atoms with E-state index in [2.05, 4.69) is 0 Å². The highest BCUT2D eigenvalue weighted by Crippen LogP contribution is 2.41. The summed E-state index contributed by atoms with van der Waals surface area (Å²) in [6, 6.07) is 0. The molecule has 1 aliphatic heterocycles. The van der Waals surface area contributed by atoms with Gasteiger partial charge in [0.05, 0.1) is 30.5 Å². The quantitative estimate of drug-likeness (QED) is 0.813. The lowest BCUT2D eigenvalue weighted by atomic mass is 9.74. The van der Waals surface area contributed by atoms with E-state index in [9.17, 15) is 10.2 Å². The van der Waals surface area contributed by atoms with Crippen molar-refractivity contribution >= 4 is 0 Å². The number of methoxy groups -OCH3 is 1. The molecule has 5 atom stereocenters. The minimum Gasteiger partial charge on any atom is -0.393 e. The summed E-state index contributed by atoms with van der Waals surface area (Å²) in [6.45, 7) is 0. The van der Waals surface area contributed by atoms with Gasteiger partial charge < -0.3 is 19.7 Å². The maximum atomic E-state index is 10.2. The largest absolute Gasteiger partial charge is 0.393 e. The van der Waals surface area contributed by atoms with Gasteiger partial charge in [0.2, 0.25) is 0 Å². The fourth-order valence-electron chi connectivity index (χ4n) is 4.42. The molecule has 20 heavy (non-hydrogen) atoms. The first-order chi connectivity index (χ1) is 9.67. The fourth-order valence-corrected chi connectivity index (χ4v) is 4.42. The van der Waals surface area contributed by atoms with Crippen molar-refractivity contribution in [2.75, 3.05) is 7.11 Å². The summed E-state index contributed by atoms with van der Waals surface area (Å²) in [6.07, 6.45) is 8.07. The zero-order valence-corrected chi connectivity index (χ0v) is 12.4. The molecule has 3 fully saturated rings. The van der Waals surface area contributed by atoms with Crippen LogP contribution in [0.5, 0.6) is 0 Å². The molecule has 4 heteroatoms. The summed E-state index contributed by atoms with van der Waals surface area (Å²) >= 11 is 0. The third kappa shape index (κ3) is 3.03. The maximum Gasteiger partial charge on any atom is 0.0656 e. The number of hydrogen-bond acceptors (Lipinski definition) is 4. The minimum atomic E-state index is -0.271. The molecule has 0 amide bonds. The number of hydrogen-bond donors (Lipinski definition) is 2. The molecule has 4 nitrogen and oxygen atoms in total. The predicted molar refractivity (Wildman–Crippen MR) is 75.4 cm³/mol. The van der Waals surface area contributed by atoms with Gasteiger partial charge in [0, 0.05) is 19.4 Å². The van der Waals surface area contributed by atoms with E-state index in [0.29, 0.717) is 17.9 Å². The molecule has 1 heterocycles. The maximum absolute atomic E-state index is 10.2. The number of rotatable bonds is 2. The van der Waals surface area contributed by atoms with Crippen molar-refractivity contribution in [2.45, 2.75) is 81.9 Å². The molecular formula is C16H28O4. The Morgan fingerprint density at radius 3 is 2.35 bits per heavy atom. The van der Waals surface area contributed by atoms with Crippen LogP contribution in [0.15, 0.2) is 0 Å². The highest BCUT2D eigenvalue weighted by Gasteiger charge is 2.43. The Bertz CT molecular complexity index is 314. The zero-order chi connectivity index (χ0) is 14.1. The predicted octanol–water partition coefficient (Wildman–Crippen LogP) is 1.87. The van der Waals surface area contributed by atoms with Crippen LogP contribution in [0.25, 0.3) is 0 Å². The zero-order valence-electron chi connectivity index (χ0n) is 12.4. The smallest absolute Gasteiger partial charge is 0.0656 e. The van der Waals surface area contributed by atoms with E-state index in [1.54, 1.807) is 7.11 Å². The Labute approximate surface area is 121 Å². The molecule has 0 aromatic heterocycles. The lowest BCUT2D eigenvalue weighted by Crippen LogP contribution is -2.50. The Balaban J connectivity index is 1.59. The molecule has 0 radical (unpaired) electrons. The molecule has 0 aromatic rings. The summed E-state index contributed by atoms with van der Waals surface area (Å²) in [5.74, 6) is 0.895. The Morgan fingerprint density at radius 2 is 1.65 bits per heavy atom. The first-order valence-corrected chi connectivity index (χ1v) is 8.21. The van der Waals surface area contributed by atoms with Gasteiger partial charge in [-0.25, -0.2) is 0 Å². The van der Waals surface area contributed by atoms with Crippen LogP contribution in [-0.2, 0) is 9.47 Å². The highest BCUT2D eigenvalue weighted by molar-refractivity contribution is 4.93. The molecule has 0 aromatic carbocycles. The van der Waals surface area contributed by atoms with E-state index in [1.165, 1.54) is 0 Å². The Kier molecular flexibility index (Phi) is 4.65. The SMILES string of the molecule is COC1CC(O)C2CCC(C3CCC(O)CC3)OC2C1. The van der Waals surface area contributed by atoms with Gasteiger partial charge in [0.25, 0.3) is 0 Å². The molecule has 2 aliphatic carbocycles. The average molecular weight is 284 g/mol. The van der Waals surface area contributed by atoms with Crippen molar-refractivity contribution in [1.29, 1.82) is 0 Å². The van der Waals surface area contributed by atoms with Gasteiger partial charge in [-0.2, -0.15) is 0 Å². The number of aliphatic hydroxyl groups is 2. The third-order valence-corrected chi connectivity index (χ3v) is 5.71. The van der Waals surface area contributed by atoms with Crippen molar-refractivity contribution in [2.24, 2.45) is 11.8 Å². The van der Waals surface area contributed by atoms with Gasteiger partial charge in [-0.15, -0.1) is 0 Å². The van der Waals surface area contributed by atoms with Crippen LogP contribution in [0, 0.1) is 11.8 Å². The van der Waals surface area contributed by atoms with Crippen LogP contribution >= 0.6 is 0 Å². The summed E-state index contributed by atoms with van der Waals surface area (Å²) < 4.78 is 11.8. The van der Waals surface area contributed by atoms with Gasteiger partial charge in [0.15, 0.2) is 0 Å². The van der Waals surface area contributed by atoms with E-state index in [0.717, 1.165) is 51.4 Å². The molecule has 0 spiro atoms. The van der Waals surface area contributed by atoms with Crippen LogP contribution in [0.1, 0.15) is 51.4 Å². The van der Waals surface area contributed by atoms with Crippen molar-refractivity contribution in [3.63, 3.8) is 0 Å². The molecular weight excluding hydrogens is 256 g/mol. The Hall–Kier alpha value is -0.160. The van der Waals surface area contributed by atoms with Crippen molar-refractivity contribution < 1.29 is 19.7 Å². The van der Waals surface area contributed by atoms with E-state index in [4.69, 9.17) is 9.47 Å². The first kappa shape index (κ1) is 14.8. The molecule has 2 saturated carbocycles. The number of fused-ring (bicyclic) bond motifs is 1. The molecule has 116 valence electrons. The van der Waals surface area contributed by atoms with Crippen molar-refractivity contribution in [3.8, 4) is 0 Å². The first-order valence-electron chi connectivity index (χ1n) is 8.21. The van der Waals surface area contributed by atoms with Gasteiger partial charge in [0.1, 0.15) is 0 Å². The van der Waals surface area contributed by atoms with Gasteiger partial charge in [-0.1, -0.05) is 0 Å². The minimum absolute atomic E-state index is 0.100. The van der Waals surface area contributed by atoms with Crippen LogP contribution in [-0.4, -0.2) is 47.8 Å². The van der Waals surface area contributed by atoms with E-state index in [1.807, 2.05) is 0 Å². The lowest BCUT2D eigenvalue weighted by Gasteiger charge is -2.46. The lowest BCUT2D eigenvalue weighted by molar-refractivity contribution is -0.176. The number of ether oxygens (including phenoxy) is 2.